The number of imide groups is 1. The minimum atomic E-state index is -3.88. The molecule has 1 aliphatic heterocycles. The standard InChI is InChI=1S/C23H23ClFN3O5S2/c1-3-27(4-2)35(32,33)20-14-16(7-10-18(20)24)21(29)26-11-12-28-22(30)19(34-23(28)31)13-15-5-8-17(25)9-6-15/h5-10,13-14H,3-4,11-12H2,1-2H3,(H,26,29)/b19-13-. The number of halogens is 2. The zero-order valence-corrected chi connectivity index (χ0v) is 21.3. The monoisotopic (exact) mass is 539 g/mol. The van der Waals surface area contributed by atoms with Gasteiger partial charge in [-0.05, 0) is 53.7 Å². The third-order valence-corrected chi connectivity index (χ3v) is 8.62. The van der Waals surface area contributed by atoms with Gasteiger partial charge in [-0.25, -0.2) is 12.8 Å². The molecule has 8 nitrogen and oxygen atoms in total. The van der Waals surface area contributed by atoms with E-state index < -0.39 is 32.9 Å². The highest BCUT2D eigenvalue weighted by Gasteiger charge is 2.34. The van der Waals surface area contributed by atoms with E-state index in [2.05, 4.69) is 5.32 Å². The normalized spacial score (nSPS) is 15.3. The molecule has 0 spiro atoms. The minimum absolute atomic E-state index is 0.000735. The number of carbonyl (C=O) groups is 3. The maximum absolute atomic E-state index is 13.1. The molecule has 2 aromatic rings. The van der Waals surface area contributed by atoms with Crippen LogP contribution in [0.3, 0.4) is 0 Å². The number of sulfonamides is 1. The lowest BCUT2D eigenvalue weighted by Gasteiger charge is -2.19. The van der Waals surface area contributed by atoms with Crippen LogP contribution in [0.25, 0.3) is 6.08 Å². The van der Waals surface area contributed by atoms with Crippen LogP contribution >= 0.6 is 23.4 Å². The number of hydrogen-bond donors (Lipinski definition) is 1. The van der Waals surface area contributed by atoms with Gasteiger partial charge >= 0.3 is 0 Å². The zero-order chi connectivity index (χ0) is 25.8. The maximum atomic E-state index is 13.1. The first kappa shape index (κ1) is 26.9. The van der Waals surface area contributed by atoms with Gasteiger partial charge in [0.2, 0.25) is 10.0 Å². The van der Waals surface area contributed by atoms with Crippen molar-refractivity contribution in [2.45, 2.75) is 18.7 Å². The van der Waals surface area contributed by atoms with Crippen molar-refractivity contribution in [1.82, 2.24) is 14.5 Å². The van der Waals surface area contributed by atoms with E-state index >= 15 is 0 Å². The molecule has 1 aliphatic rings. The summed E-state index contributed by atoms with van der Waals surface area (Å²) in [5, 5.41) is 2.10. The number of amides is 3. The van der Waals surface area contributed by atoms with Crippen LogP contribution in [0.2, 0.25) is 5.02 Å². The lowest BCUT2D eigenvalue weighted by atomic mass is 10.2. The molecule has 12 heteroatoms. The average Bonchev–Trinajstić information content (AvgIpc) is 3.08. The van der Waals surface area contributed by atoms with Crippen LogP contribution in [0.1, 0.15) is 29.8 Å². The molecular weight excluding hydrogens is 517 g/mol. The Bertz CT molecular complexity index is 1280. The Morgan fingerprint density at radius 2 is 1.80 bits per heavy atom. The van der Waals surface area contributed by atoms with Crippen LogP contribution in [0.5, 0.6) is 0 Å². The molecule has 35 heavy (non-hydrogen) atoms. The van der Waals surface area contributed by atoms with Gasteiger partial charge in [-0.2, -0.15) is 4.31 Å². The number of thioether (sulfide) groups is 1. The summed E-state index contributed by atoms with van der Waals surface area (Å²) in [7, 11) is -3.88. The van der Waals surface area contributed by atoms with E-state index in [1.54, 1.807) is 13.8 Å². The number of hydrogen-bond acceptors (Lipinski definition) is 6. The van der Waals surface area contributed by atoms with Gasteiger partial charge in [-0.1, -0.05) is 37.6 Å². The van der Waals surface area contributed by atoms with Crippen molar-refractivity contribution in [2.24, 2.45) is 0 Å². The summed E-state index contributed by atoms with van der Waals surface area (Å²) in [5.41, 5.74) is 0.647. The molecule has 186 valence electrons. The second-order valence-corrected chi connectivity index (χ2v) is 10.7. The smallest absolute Gasteiger partial charge is 0.293 e. The molecule has 1 fully saturated rings. The molecule has 2 aromatic carbocycles. The maximum Gasteiger partial charge on any atom is 0.293 e. The molecular formula is C23H23ClFN3O5S2. The summed E-state index contributed by atoms with van der Waals surface area (Å²) in [5.74, 6) is -1.51. The highest BCUT2D eigenvalue weighted by molar-refractivity contribution is 8.18. The molecule has 1 heterocycles. The molecule has 1 saturated heterocycles. The highest BCUT2D eigenvalue weighted by Crippen LogP contribution is 2.32. The first-order valence-corrected chi connectivity index (χ1v) is 13.3. The summed E-state index contributed by atoms with van der Waals surface area (Å²) < 4.78 is 40.0. The zero-order valence-electron chi connectivity index (χ0n) is 19.0. The largest absolute Gasteiger partial charge is 0.350 e. The van der Waals surface area contributed by atoms with Gasteiger partial charge < -0.3 is 5.32 Å². The summed E-state index contributed by atoms with van der Waals surface area (Å²) in [6.07, 6.45) is 1.49. The summed E-state index contributed by atoms with van der Waals surface area (Å²) in [6, 6.07) is 9.42. The van der Waals surface area contributed by atoms with Crippen molar-refractivity contribution < 1.29 is 27.2 Å². The first-order chi connectivity index (χ1) is 16.6. The van der Waals surface area contributed by atoms with Crippen molar-refractivity contribution in [3.63, 3.8) is 0 Å². The molecule has 1 N–H and O–H groups in total. The third kappa shape index (κ3) is 6.10. The van der Waals surface area contributed by atoms with Crippen molar-refractivity contribution in [1.29, 1.82) is 0 Å². The van der Waals surface area contributed by atoms with Gasteiger partial charge in [0, 0.05) is 31.7 Å². The Kier molecular flexibility index (Phi) is 8.70. The van der Waals surface area contributed by atoms with E-state index in [0.717, 1.165) is 16.7 Å². The second kappa shape index (κ2) is 11.3. The lowest BCUT2D eigenvalue weighted by molar-refractivity contribution is -0.122. The summed E-state index contributed by atoms with van der Waals surface area (Å²) >= 11 is 6.86. The van der Waals surface area contributed by atoms with Gasteiger partial charge in [0.15, 0.2) is 0 Å². The SMILES string of the molecule is CCN(CC)S(=O)(=O)c1cc(C(=O)NCCN2C(=O)S/C(=C\c3ccc(F)cc3)C2=O)ccc1Cl. The number of benzene rings is 2. The molecule has 0 saturated carbocycles. The van der Waals surface area contributed by atoms with Gasteiger partial charge in [0.05, 0.1) is 9.93 Å². The van der Waals surface area contributed by atoms with E-state index in [1.165, 1.54) is 52.8 Å². The summed E-state index contributed by atoms with van der Waals surface area (Å²) in [4.78, 5) is 38.5. The fourth-order valence-corrected chi connectivity index (χ4v) is 6.15. The van der Waals surface area contributed by atoms with Crippen LogP contribution in [0.15, 0.2) is 52.3 Å². The van der Waals surface area contributed by atoms with Crippen molar-refractivity contribution >= 4 is 56.5 Å². The Morgan fingerprint density at radius 1 is 1.14 bits per heavy atom. The van der Waals surface area contributed by atoms with E-state index in [4.69, 9.17) is 11.6 Å². The number of rotatable bonds is 9. The minimum Gasteiger partial charge on any atom is -0.350 e. The molecule has 0 aliphatic carbocycles. The molecule has 3 rings (SSSR count). The summed E-state index contributed by atoms with van der Waals surface area (Å²) in [6.45, 7) is 3.78. The van der Waals surface area contributed by atoms with E-state index in [1.807, 2.05) is 0 Å². The highest BCUT2D eigenvalue weighted by atomic mass is 35.5. The molecule has 0 atom stereocenters. The van der Waals surface area contributed by atoms with Crippen LogP contribution in [0, 0.1) is 5.82 Å². The van der Waals surface area contributed by atoms with Crippen molar-refractivity contribution in [3.8, 4) is 0 Å². The van der Waals surface area contributed by atoms with Gasteiger partial charge in [-0.3, -0.25) is 19.3 Å². The Hall–Kier alpha value is -2.73. The third-order valence-electron chi connectivity index (χ3n) is 5.18. The number of nitrogens with zero attached hydrogens (tertiary/aromatic N) is 2. The number of nitrogens with one attached hydrogen (secondary N) is 1. The van der Waals surface area contributed by atoms with Gasteiger partial charge in [0.25, 0.3) is 17.1 Å². The quantitative estimate of drug-likeness (QED) is 0.483. The van der Waals surface area contributed by atoms with E-state index in [0.29, 0.717) is 5.56 Å². The fourth-order valence-electron chi connectivity index (χ4n) is 3.33. The van der Waals surface area contributed by atoms with Gasteiger partial charge in [-0.15, -0.1) is 0 Å². The van der Waals surface area contributed by atoms with Crippen LogP contribution in [-0.2, 0) is 14.8 Å². The molecule has 0 radical (unpaired) electrons. The van der Waals surface area contributed by atoms with Crippen molar-refractivity contribution in [2.75, 3.05) is 26.2 Å². The fraction of sp³-hybridized carbons (Fsp3) is 0.261. The van der Waals surface area contributed by atoms with E-state index in [9.17, 15) is 27.2 Å². The molecule has 3 amide bonds. The van der Waals surface area contributed by atoms with Crippen molar-refractivity contribution in [3.05, 3.63) is 69.3 Å². The van der Waals surface area contributed by atoms with Crippen LogP contribution in [0.4, 0.5) is 9.18 Å². The van der Waals surface area contributed by atoms with E-state index in [-0.39, 0.29) is 46.6 Å². The van der Waals surface area contributed by atoms with Gasteiger partial charge in [0.1, 0.15) is 10.7 Å². The Labute approximate surface area is 212 Å². The predicted octanol–water partition coefficient (Wildman–Crippen LogP) is 3.98. The van der Waals surface area contributed by atoms with Crippen LogP contribution in [-0.4, -0.2) is 60.9 Å². The lowest BCUT2D eigenvalue weighted by Crippen LogP contribution is -2.37. The Balaban J connectivity index is 1.66. The second-order valence-electron chi connectivity index (χ2n) is 7.38. The Morgan fingerprint density at radius 3 is 2.43 bits per heavy atom. The molecule has 0 aromatic heterocycles. The molecule has 0 unspecified atom stereocenters. The average molecular weight is 540 g/mol. The predicted molar refractivity (Wildman–Crippen MR) is 133 cm³/mol. The number of carbonyl (C=O) groups excluding carboxylic acids is 3. The molecule has 0 bridgehead atoms. The topological polar surface area (TPSA) is 104 Å². The van der Waals surface area contributed by atoms with Crippen LogP contribution < -0.4 is 5.32 Å². The first-order valence-electron chi connectivity index (χ1n) is 10.7.